The van der Waals surface area contributed by atoms with Crippen LogP contribution >= 0.6 is 0 Å². The molecule has 6 rings (SSSR count). The molecule has 2 unspecified atom stereocenters. The summed E-state index contributed by atoms with van der Waals surface area (Å²) in [7, 11) is 0. The van der Waals surface area contributed by atoms with Crippen molar-refractivity contribution in [3.8, 4) is 17.1 Å². The number of imidazole rings is 1. The third-order valence-corrected chi connectivity index (χ3v) is 6.76. The van der Waals surface area contributed by atoms with Crippen LogP contribution in [0.2, 0.25) is 0 Å². The van der Waals surface area contributed by atoms with Gasteiger partial charge >= 0.3 is 0 Å². The predicted octanol–water partition coefficient (Wildman–Crippen LogP) is 2.88. The maximum absolute atomic E-state index is 5.85. The van der Waals surface area contributed by atoms with Gasteiger partial charge in [-0.2, -0.15) is 0 Å². The molecule has 0 bridgehead atoms. The molecule has 3 heterocycles. The number of fused-ring (bicyclic) bond motifs is 3. The minimum Gasteiger partial charge on any atom is -0.501 e. The molecular weight excluding hydrogens is 392 g/mol. The maximum Gasteiger partial charge on any atom is 0.183 e. The van der Waals surface area contributed by atoms with Crippen LogP contribution in [0.25, 0.3) is 22.6 Å². The lowest BCUT2D eigenvalue weighted by Gasteiger charge is -2.14. The fourth-order valence-electron chi connectivity index (χ4n) is 5.24. The van der Waals surface area contributed by atoms with Gasteiger partial charge in [0.1, 0.15) is 23.4 Å². The Morgan fingerprint density at radius 1 is 1.26 bits per heavy atom. The number of H-pyrrole nitrogens is 1. The topological polar surface area (TPSA) is 111 Å². The smallest absolute Gasteiger partial charge is 0.183 e. The molecular formula is C23H26N6O2. The Morgan fingerprint density at radius 3 is 3.03 bits per heavy atom. The first kappa shape index (κ1) is 18.6. The first-order valence-corrected chi connectivity index (χ1v) is 11.0. The molecule has 3 aromatic rings. The molecule has 8 heteroatoms. The van der Waals surface area contributed by atoms with Crippen LogP contribution in [-0.4, -0.2) is 45.7 Å². The molecule has 4 N–H and O–H groups in total. The number of hydrogen-bond donors (Lipinski definition) is 3. The standard InChI is InChI=1S/C23H26N6O2/c24-6-2-7-30-11-13-9-16-17(10-13)18(16)27-22-19-23(26-12-25-22)29-21(28-19)15-4-1-3-14-5-8-31-20(14)15/h1-4,7,12-13,16-18H,5-6,8-11,24H2,(H2,25,26,27,28,29)/b7-2+. The summed E-state index contributed by atoms with van der Waals surface area (Å²) in [4.78, 5) is 17.1. The zero-order valence-electron chi connectivity index (χ0n) is 17.3. The molecule has 3 aliphatic rings. The monoisotopic (exact) mass is 418 g/mol. The van der Waals surface area contributed by atoms with Crippen LogP contribution in [0.5, 0.6) is 5.75 Å². The van der Waals surface area contributed by atoms with Crippen LogP contribution in [0.15, 0.2) is 36.9 Å². The second-order valence-electron chi connectivity index (χ2n) is 8.67. The van der Waals surface area contributed by atoms with Gasteiger partial charge in [0.15, 0.2) is 11.5 Å². The molecule has 2 saturated carbocycles. The number of rotatable bonds is 7. The first-order valence-electron chi connectivity index (χ1n) is 11.0. The highest BCUT2D eigenvalue weighted by molar-refractivity contribution is 5.86. The Kier molecular flexibility index (Phi) is 4.52. The minimum absolute atomic E-state index is 0.463. The first-order chi connectivity index (χ1) is 15.3. The molecule has 2 aromatic heterocycles. The van der Waals surface area contributed by atoms with E-state index in [4.69, 9.17) is 20.2 Å². The third-order valence-electron chi connectivity index (χ3n) is 6.76. The van der Waals surface area contributed by atoms with E-state index in [0.717, 1.165) is 48.1 Å². The Morgan fingerprint density at radius 2 is 2.16 bits per heavy atom. The number of para-hydroxylation sites is 1. The molecule has 0 spiro atoms. The molecule has 0 saturated heterocycles. The van der Waals surface area contributed by atoms with Crippen molar-refractivity contribution in [2.45, 2.75) is 25.3 Å². The van der Waals surface area contributed by atoms with Crippen LogP contribution in [0.4, 0.5) is 5.82 Å². The lowest BCUT2D eigenvalue weighted by molar-refractivity contribution is 0.188. The Balaban J connectivity index is 1.17. The van der Waals surface area contributed by atoms with Gasteiger partial charge in [-0.25, -0.2) is 15.0 Å². The Labute approximate surface area is 180 Å². The molecule has 2 fully saturated rings. The zero-order valence-corrected chi connectivity index (χ0v) is 17.3. The molecule has 1 aliphatic heterocycles. The minimum atomic E-state index is 0.463. The number of nitrogens with two attached hydrogens (primary N) is 1. The van der Waals surface area contributed by atoms with Crippen LogP contribution in [-0.2, 0) is 11.2 Å². The summed E-state index contributed by atoms with van der Waals surface area (Å²) in [5, 5.41) is 3.65. The summed E-state index contributed by atoms with van der Waals surface area (Å²) in [6.45, 7) is 2.02. The van der Waals surface area contributed by atoms with Gasteiger partial charge in [0, 0.05) is 19.0 Å². The summed E-state index contributed by atoms with van der Waals surface area (Å²) >= 11 is 0. The van der Waals surface area contributed by atoms with Crippen molar-refractivity contribution in [1.82, 2.24) is 19.9 Å². The van der Waals surface area contributed by atoms with Gasteiger partial charge in [-0.05, 0) is 48.3 Å². The SMILES string of the molecule is NC/C=C/OCC1CC2C(C1)C2Nc1ncnc2nc(-c3cccc4c3OCC4)[nH]c12. The van der Waals surface area contributed by atoms with Crippen molar-refractivity contribution in [2.24, 2.45) is 23.5 Å². The van der Waals surface area contributed by atoms with E-state index in [9.17, 15) is 0 Å². The Bertz CT molecular complexity index is 1130. The molecule has 8 nitrogen and oxygen atoms in total. The normalized spacial score (nSPS) is 26.1. The van der Waals surface area contributed by atoms with Crippen molar-refractivity contribution < 1.29 is 9.47 Å². The highest BCUT2D eigenvalue weighted by atomic mass is 16.5. The summed E-state index contributed by atoms with van der Waals surface area (Å²) in [6.07, 6.45) is 8.47. The third kappa shape index (κ3) is 3.31. The largest absolute Gasteiger partial charge is 0.501 e. The lowest BCUT2D eigenvalue weighted by Crippen LogP contribution is -2.15. The second-order valence-corrected chi connectivity index (χ2v) is 8.67. The molecule has 31 heavy (non-hydrogen) atoms. The number of anilines is 1. The van der Waals surface area contributed by atoms with Gasteiger partial charge in [0.05, 0.1) is 25.0 Å². The van der Waals surface area contributed by atoms with E-state index < -0.39 is 0 Å². The number of hydrogen-bond acceptors (Lipinski definition) is 7. The van der Waals surface area contributed by atoms with E-state index in [2.05, 4.69) is 32.4 Å². The molecule has 1 aromatic carbocycles. The quantitative estimate of drug-likeness (QED) is 0.506. The van der Waals surface area contributed by atoms with Crippen molar-refractivity contribution in [3.05, 3.63) is 42.4 Å². The average Bonchev–Trinajstić information content (AvgIpc) is 3.28. The van der Waals surface area contributed by atoms with Gasteiger partial charge in [-0.1, -0.05) is 12.1 Å². The van der Waals surface area contributed by atoms with Crippen molar-refractivity contribution >= 4 is 17.0 Å². The highest BCUT2D eigenvalue weighted by Crippen LogP contribution is 2.55. The summed E-state index contributed by atoms with van der Waals surface area (Å²) in [5.41, 5.74) is 9.17. The van der Waals surface area contributed by atoms with Crippen molar-refractivity contribution in [3.63, 3.8) is 0 Å². The number of nitrogens with zero attached hydrogens (tertiary/aromatic N) is 3. The molecule has 2 aliphatic carbocycles. The van der Waals surface area contributed by atoms with E-state index in [-0.39, 0.29) is 0 Å². The summed E-state index contributed by atoms with van der Waals surface area (Å²) in [6, 6.07) is 6.67. The molecule has 0 radical (unpaired) electrons. The average molecular weight is 419 g/mol. The van der Waals surface area contributed by atoms with Gasteiger partial charge in [-0.15, -0.1) is 0 Å². The van der Waals surface area contributed by atoms with Gasteiger partial charge in [0.25, 0.3) is 0 Å². The second kappa shape index (κ2) is 7.53. The van der Waals surface area contributed by atoms with Crippen LogP contribution < -0.4 is 15.8 Å². The number of aromatic amines is 1. The Hall–Kier alpha value is -3.13. The van der Waals surface area contributed by atoms with E-state index in [1.807, 2.05) is 12.1 Å². The number of nitrogens with one attached hydrogen (secondary N) is 2. The lowest BCUT2D eigenvalue weighted by atomic mass is 10.0. The van der Waals surface area contributed by atoms with Crippen LogP contribution in [0.1, 0.15) is 18.4 Å². The molecule has 160 valence electrons. The van der Waals surface area contributed by atoms with Gasteiger partial charge in [0.2, 0.25) is 0 Å². The fraction of sp³-hybridized carbons (Fsp3) is 0.435. The number of ether oxygens (including phenoxy) is 2. The number of benzene rings is 1. The predicted molar refractivity (Wildman–Crippen MR) is 118 cm³/mol. The van der Waals surface area contributed by atoms with Gasteiger partial charge in [-0.3, -0.25) is 0 Å². The zero-order chi connectivity index (χ0) is 20.8. The van der Waals surface area contributed by atoms with Crippen molar-refractivity contribution in [1.29, 1.82) is 0 Å². The van der Waals surface area contributed by atoms with E-state index in [1.54, 1.807) is 12.6 Å². The van der Waals surface area contributed by atoms with Gasteiger partial charge < -0.3 is 25.5 Å². The summed E-state index contributed by atoms with van der Waals surface area (Å²) < 4.78 is 11.4. The van der Waals surface area contributed by atoms with E-state index >= 15 is 0 Å². The van der Waals surface area contributed by atoms with Crippen LogP contribution in [0.3, 0.4) is 0 Å². The van der Waals surface area contributed by atoms with Crippen molar-refractivity contribution in [2.75, 3.05) is 25.1 Å². The summed E-state index contributed by atoms with van der Waals surface area (Å²) in [5.74, 6) is 4.53. The maximum atomic E-state index is 5.85. The molecule has 2 atom stereocenters. The fourth-order valence-corrected chi connectivity index (χ4v) is 5.24. The number of aromatic nitrogens is 4. The molecule has 0 amide bonds. The van der Waals surface area contributed by atoms with E-state index in [0.29, 0.717) is 36.0 Å². The highest BCUT2D eigenvalue weighted by Gasteiger charge is 2.56. The van der Waals surface area contributed by atoms with Crippen LogP contribution in [0, 0.1) is 17.8 Å². The van der Waals surface area contributed by atoms with E-state index in [1.165, 1.54) is 18.4 Å².